The number of nitrogens with zero attached hydrogens (tertiary/aromatic N) is 3. The quantitative estimate of drug-likeness (QED) is 0.343. The molecule has 3 rings (SSSR count). The predicted molar refractivity (Wildman–Crippen MR) is 125 cm³/mol. The number of rotatable bonds is 11. The van der Waals surface area contributed by atoms with Crippen LogP contribution in [0.15, 0.2) is 72.4 Å². The van der Waals surface area contributed by atoms with Crippen molar-refractivity contribution < 1.29 is 14.3 Å². The van der Waals surface area contributed by atoms with E-state index in [-0.39, 0.29) is 24.0 Å². The Hall–Kier alpha value is -3.59. The van der Waals surface area contributed by atoms with Gasteiger partial charge in [-0.25, -0.2) is 0 Å². The number of methoxy groups -OCH3 is 1. The van der Waals surface area contributed by atoms with Gasteiger partial charge in [-0.1, -0.05) is 54.2 Å². The molecule has 0 fully saturated rings. The average Bonchev–Trinajstić information content (AvgIpc) is 3.18. The summed E-state index contributed by atoms with van der Waals surface area (Å²) in [5.74, 6) is 1.01. The van der Waals surface area contributed by atoms with E-state index in [1.165, 1.54) is 11.8 Å². The van der Waals surface area contributed by atoms with Crippen LogP contribution in [0.25, 0.3) is 0 Å². The number of hydrogen-bond donors (Lipinski definition) is 2. The summed E-state index contributed by atoms with van der Waals surface area (Å²) in [7, 11) is 1.57. The molecule has 1 aromatic heterocycles. The van der Waals surface area contributed by atoms with Crippen LogP contribution in [0.4, 0.5) is 5.69 Å². The maximum Gasteiger partial charge on any atom is 0.232 e. The molecule has 3 aromatic rings. The first kappa shape index (κ1) is 23.1. The first-order valence-corrected chi connectivity index (χ1v) is 11.0. The third kappa shape index (κ3) is 6.71. The van der Waals surface area contributed by atoms with Crippen molar-refractivity contribution in [1.82, 2.24) is 20.1 Å². The highest BCUT2D eigenvalue weighted by Gasteiger charge is 2.16. The second-order valence-electron chi connectivity index (χ2n) is 6.81. The number of anilines is 1. The van der Waals surface area contributed by atoms with Gasteiger partial charge >= 0.3 is 0 Å². The van der Waals surface area contributed by atoms with E-state index < -0.39 is 0 Å². The lowest BCUT2D eigenvalue weighted by atomic mass is 10.2. The summed E-state index contributed by atoms with van der Waals surface area (Å²) in [6, 6.07) is 16.8. The molecule has 0 aliphatic heterocycles. The number of ether oxygens (including phenoxy) is 1. The fourth-order valence-electron chi connectivity index (χ4n) is 2.90. The number of nitrogens with one attached hydrogen (secondary N) is 2. The molecular formula is C23H25N5O3S. The minimum Gasteiger partial charge on any atom is -0.497 e. The van der Waals surface area contributed by atoms with Crippen LogP contribution >= 0.6 is 11.8 Å². The molecule has 1 heterocycles. The van der Waals surface area contributed by atoms with Crippen molar-refractivity contribution in [2.45, 2.75) is 24.7 Å². The predicted octanol–water partition coefficient (Wildman–Crippen LogP) is 3.06. The molecule has 0 radical (unpaired) electrons. The summed E-state index contributed by atoms with van der Waals surface area (Å²) in [5.41, 5.74) is 1.67. The van der Waals surface area contributed by atoms with E-state index in [9.17, 15) is 9.59 Å². The van der Waals surface area contributed by atoms with Crippen LogP contribution in [-0.4, -0.2) is 39.4 Å². The van der Waals surface area contributed by atoms with Crippen molar-refractivity contribution in [3.63, 3.8) is 0 Å². The van der Waals surface area contributed by atoms with E-state index in [0.29, 0.717) is 35.5 Å². The van der Waals surface area contributed by atoms with Crippen molar-refractivity contribution >= 4 is 29.3 Å². The summed E-state index contributed by atoms with van der Waals surface area (Å²) in [6.07, 6.45) is 1.74. The fourth-order valence-corrected chi connectivity index (χ4v) is 3.69. The maximum absolute atomic E-state index is 12.5. The molecule has 0 atom stereocenters. The number of aromatic nitrogens is 3. The number of hydrogen-bond acceptors (Lipinski definition) is 6. The Morgan fingerprint density at radius 1 is 1.12 bits per heavy atom. The molecule has 0 spiro atoms. The number of carbonyl (C=O) groups excluding carboxylic acids is 2. The Morgan fingerprint density at radius 3 is 2.69 bits per heavy atom. The highest BCUT2D eigenvalue weighted by Crippen LogP contribution is 2.19. The molecule has 0 aliphatic carbocycles. The average molecular weight is 452 g/mol. The van der Waals surface area contributed by atoms with Gasteiger partial charge in [-0.15, -0.1) is 16.8 Å². The lowest BCUT2D eigenvalue weighted by molar-refractivity contribution is -0.118. The molecule has 8 nitrogen and oxygen atoms in total. The summed E-state index contributed by atoms with van der Waals surface area (Å²) >= 11 is 1.27. The maximum atomic E-state index is 12.5. The Bertz CT molecular complexity index is 1070. The Morgan fingerprint density at radius 2 is 1.94 bits per heavy atom. The van der Waals surface area contributed by atoms with E-state index in [0.717, 1.165) is 5.56 Å². The number of allylic oxidation sites excluding steroid dienone is 1. The third-order valence-electron chi connectivity index (χ3n) is 4.44. The Balaban J connectivity index is 1.57. The van der Waals surface area contributed by atoms with Crippen molar-refractivity contribution in [2.75, 3.05) is 18.2 Å². The van der Waals surface area contributed by atoms with Crippen molar-refractivity contribution in [2.24, 2.45) is 0 Å². The van der Waals surface area contributed by atoms with Crippen LogP contribution in [0.1, 0.15) is 11.4 Å². The number of carbonyl (C=O) groups is 2. The van der Waals surface area contributed by atoms with Crippen molar-refractivity contribution in [1.29, 1.82) is 0 Å². The second kappa shape index (κ2) is 11.7. The number of amides is 2. The lowest BCUT2D eigenvalue weighted by Gasteiger charge is -2.09. The molecule has 0 saturated carbocycles. The van der Waals surface area contributed by atoms with Crippen LogP contribution in [0.5, 0.6) is 5.75 Å². The molecule has 9 heteroatoms. The van der Waals surface area contributed by atoms with Gasteiger partial charge in [0.1, 0.15) is 11.6 Å². The van der Waals surface area contributed by atoms with Crippen molar-refractivity contribution in [3.05, 3.63) is 78.6 Å². The van der Waals surface area contributed by atoms with E-state index >= 15 is 0 Å². The third-order valence-corrected chi connectivity index (χ3v) is 5.41. The first-order valence-electron chi connectivity index (χ1n) is 9.99. The van der Waals surface area contributed by atoms with Gasteiger partial charge < -0.3 is 19.9 Å². The van der Waals surface area contributed by atoms with Gasteiger partial charge in [-0.3, -0.25) is 9.59 Å². The molecule has 0 unspecified atom stereocenters. The smallest absolute Gasteiger partial charge is 0.232 e. The minimum absolute atomic E-state index is 0.0405. The molecule has 2 aromatic carbocycles. The van der Waals surface area contributed by atoms with Crippen LogP contribution in [0.3, 0.4) is 0 Å². The summed E-state index contributed by atoms with van der Waals surface area (Å²) in [4.78, 5) is 24.7. The standard InChI is InChI=1S/C23H25N5O3S/c1-3-12-28-20(14-21(29)25-18-10-7-11-19(13-18)31-2)26-27-23(28)32-16-22(30)24-15-17-8-5-4-6-9-17/h3-11,13H,1,12,14-16H2,2H3,(H,24,30)(H,25,29). The fraction of sp³-hybridized carbons (Fsp3) is 0.217. The molecular weight excluding hydrogens is 426 g/mol. The van der Waals surface area contributed by atoms with Crippen LogP contribution in [0, 0.1) is 0 Å². The normalized spacial score (nSPS) is 10.4. The number of benzene rings is 2. The molecule has 32 heavy (non-hydrogen) atoms. The summed E-state index contributed by atoms with van der Waals surface area (Å²) in [5, 5.41) is 14.6. The highest BCUT2D eigenvalue weighted by molar-refractivity contribution is 7.99. The molecule has 2 amide bonds. The lowest BCUT2D eigenvalue weighted by Crippen LogP contribution is -2.24. The molecule has 0 aliphatic rings. The van der Waals surface area contributed by atoms with E-state index in [1.54, 1.807) is 42.0 Å². The molecule has 0 saturated heterocycles. The zero-order chi connectivity index (χ0) is 22.8. The monoisotopic (exact) mass is 451 g/mol. The second-order valence-corrected chi connectivity index (χ2v) is 7.75. The van der Waals surface area contributed by atoms with Gasteiger partial charge in [0.15, 0.2) is 5.16 Å². The minimum atomic E-state index is -0.229. The molecule has 166 valence electrons. The zero-order valence-electron chi connectivity index (χ0n) is 17.8. The van der Waals surface area contributed by atoms with Crippen molar-refractivity contribution in [3.8, 4) is 5.75 Å². The van der Waals surface area contributed by atoms with Crippen LogP contribution in [-0.2, 0) is 29.1 Å². The van der Waals surface area contributed by atoms with Crippen LogP contribution < -0.4 is 15.4 Å². The largest absolute Gasteiger partial charge is 0.497 e. The number of thioether (sulfide) groups is 1. The zero-order valence-corrected chi connectivity index (χ0v) is 18.6. The van der Waals surface area contributed by atoms with Crippen LogP contribution in [0.2, 0.25) is 0 Å². The molecule has 0 bridgehead atoms. The Kier molecular flexibility index (Phi) is 8.44. The van der Waals surface area contributed by atoms with Gasteiger partial charge in [0.25, 0.3) is 0 Å². The van der Waals surface area contributed by atoms with E-state index in [1.807, 2.05) is 30.3 Å². The van der Waals surface area contributed by atoms with Gasteiger partial charge in [-0.2, -0.15) is 0 Å². The van der Waals surface area contributed by atoms with E-state index in [4.69, 9.17) is 4.74 Å². The SMILES string of the molecule is C=CCn1c(CC(=O)Nc2cccc(OC)c2)nnc1SCC(=O)NCc1ccccc1. The van der Waals surface area contributed by atoms with Gasteiger partial charge in [-0.05, 0) is 17.7 Å². The topological polar surface area (TPSA) is 98.1 Å². The highest BCUT2D eigenvalue weighted by atomic mass is 32.2. The summed E-state index contributed by atoms with van der Waals surface area (Å²) in [6.45, 7) is 4.66. The van der Waals surface area contributed by atoms with Gasteiger partial charge in [0.2, 0.25) is 11.8 Å². The van der Waals surface area contributed by atoms with Gasteiger partial charge in [0, 0.05) is 24.8 Å². The Labute approximate surface area is 191 Å². The first-order chi connectivity index (χ1) is 15.6. The van der Waals surface area contributed by atoms with Gasteiger partial charge in [0.05, 0.1) is 19.3 Å². The summed E-state index contributed by atoms with van der Waals surface area (Å²) < 4.78 is 6.96. The molecule has 2 N–H and O–H groups in total. The van der Waals surface area contributed by atoms with E-state index in [2.05, 4.69) is 27.4 Å².